The molecule has 0 heterocycles. The second-order valence-corrected chi connectivity index (χ2v) is 14.4. The molecule has 0 rings (SSSR count). The second-order valence-electron chi connectivity index (χ2n) is 1.53. The van der Waals surface area contributed by atoms with E-state index in [1.165, 1.54) is 0 Å². The van der Waals surface area contributed by atoms with Gasteiger partial charge in [0.25, 0.3) is 0 Å². The Kier molecular flexibility index (Phi) is 30.4. The molecule has 0 atom stereocenters. The zero-order chi connectivity index (χ0) is 9.86. The maximum atomic E-state index is 9.56. The summed E-state index contributed by atoms with van der Waals surface area (Å²) in [5.41, 5.74) is 0. The summed E-state index contributed by atoms with van der Waals surface area (Å²) < 4.78 is 19.1. The molecule has 2 nitrogen and oxygen atoms in total. The van der Waals surface area contributed by atoms with Crippen LogP contribution in [0.4, 0.5) is 0 Å². The van der Waals surface area contributed by atoms with Crippen LogP contribution in [0.1, 0.15) is 0 Å². The van der Waals surface area contributed by atoms with Gasteiger partial charge in [-0.25, -0.2) is 0 Å². The van der Waals surface area contributed by atoms with Crippen LogP contribution in [0.2, 0.25) is 0 Å². The van der Waals surface area contributed by atoms with Gasteiger partial charge in [-0.2, -0.15) is 0 Å². The van der Waals surface area contributed by atoms with Crippen LogP contribution in [0.25, 0.3) is 0 Å². The molecule has 0 aliphatic heterocycles. The van der Waals surface area contributed by atoms with Crippen LogP contribution in [0.3, 0.4) is 0 Å². The summed E-state index contributed by atoms with van der Waals surface area (Å²) in [4.78, 5) is 0. The first-order valence-electron chi connectivity index (χ1n) is 2.21. The van der Waals surface area contributed by atoms with E-state index in [9.17, 15) is 8.42 Å². The number of hydrogen-bond donors (Lipinski definition) is 0. The molecule has 0 aliphatic carbocycles. The summed E-state index contributed by atoms with van der Waals surface area (Å²) in [5, 5.41) is 0. The second kappa shape index (κ2) is 17.9. The van der Waals surface area contributed by atoms with Crippen molar-refractivity contribution in [2.45, 2.75) is 0 Å². The van der Waals surface area contributed by atoms with Gasteiger partial charge in [0.1, 0.15) is 0 Å². The van der Waals surface area contributed by atoms with Crippen molar-refractivity contribution in [3.05, 3.63) is 0 Å². The minimum atomic E-state index is -0.611. The third kappa shape index (κ3) is 312. The van der Waals surface area contributed by atoms with Crippen LogP contribution in [0.5, 0.6) is 0 Å². The van der Waals surface area contributed by atoms with E-state index in [1.54, 1.807) is 25.0 Å². The van der Waals surface area contributed by atoms with Crippen molar-refractivity contribution in [2.24, 2.45) is 0 Å². The maximum absolute atomic E-state index is 9.56. The van der Waals surface area contributed by atoms with Crippen LogP contribution in [0, 0.1) is 0 Å². The normalized spacial score (nSPS) is 8.36. The molecule has 0 aliphatic rings. The monoisotopic (exact) mass is 509 g/mol. The van der Waals surface area contributed by atoms with E-state index < -0.39 is 21.6 Å². The quantitative estimate of drug-likeness (QED) is 0.497. The SMILES string of the molecule is CS(C)=O.CS(C)=O.[Br][Pt][Br]. The predicted octanol–water partition coefficient (Wildman–Crippen LogP) is 1.68. The number of hydrogen-bond acceptors (Lipinski definition) is 2. The Hall–Kier alpha value is 1.95. The summed E-state index contributed by atoms with van der Waals surface area (Å²) in [7, 11) is -1.22. The van der Waals surface area contributed by atoms with Gasteiger partial charge >= 0.3 is 41.0 Å². The first-order chi connectivity index (χ1) is 4.88. The Labute approximate surface area is 95.0 Å². The van der Waals surface area contributed by atoms with Crippen molar-refractivity contribution in [3.63, 3.8) is 0 Å². The molecular formula is C4H12Br2O2PtS2. The first kappa shape index (κ1) is 18.7. The van der Waals surface area contributed by atoms with Crippen LogP contribution in [-0.2, 0) is 36.0 Å². The first-order valence-corrected chi connectivity index (χ1v) is 16.1. The van der Waals surface area contributed by atoms with E-state index in [1.807, 2.05) is 0 Å². The molecule has 0 aromatic heterocycles. The van der Waals surface area contributed by atoms with Crippen molar-refractivity contribution < 1.29 is 22.9 Å². The van der Waals surface area contributed by atoms with E-state index in [2.05, 4.69) is 26.6 Å². The average Bonchev–Trinajstić information content (AvgIpc) is 1.60. The molecule has 0 N–H and O–H groups in total. The standard InChI is InChI=1S/2C2H6OS.2BrH.Pt/c2*1-4(2)3;;;/h2*1-2H3;2*1H;/q;;;;+2/p-2. The van der Waals surface area contributed by atoms with E-state index in [-0.39, 0.29) is 14.5 Å². The van der Waals surface area contributed by atoms with Gasteiger partial charge in [-0.1, -0.05) is 0 Å². The molecular weight excluding hydrogens is 499 g/mol. The Morgan fingerprint density at radius 3 is 0.909 bits per heavy atom. The molecule has 0 aromatic rings. The number of halogens is 2. The fourth-order valence-electron chi connectivity index (χ4n) is 0. The van der Waals surface area contributed by atoms with Gasteiger partial charge in [0.2, 0.25) is 0 Å². The molecule has 0 saturated carbocycles. The number of rotatable bonds is 0. The van der Waals surface area contributed by atoms with E-state index >= 15 is 0 Å². The average molecular weight is 511 g/mol. The predicted molar refractivity (Wildman–Crippen MR) is 57.8 cm³/mol. The van der Waals surface area contributed by atoms with Gasteiger partial charge in [0.05, 0.1) is 0 Å². The van der Waals surface area contributed by atoms with Crippen LogP contribution >= 0.6 is 26.6 Å². The van der Waals surface area contributed by atoms with Gasteiger partial charge in [-0.05, 0) is 0 Å². The van der Waals surface area contributed by atoms with Crippen molar-refractivity contribution in [1.29, 1.82) is 0 Å². The summed E-state index contributed by atoms with van der Waals surface area (Å²) in [5.74, 6) is 0. The fraction of sp³-hybridized carbons (Fsp3) is 1.00. The molecule has 0 radical (unpaired) electrons. The molecule has 0 spiro atoms. The van der Waals surface area contributed by atoms with Gasteiger partial charge in [-0.15, -0.1) is 0 Å². The molecule has 0 fully saturated rings. The van der Waals surface area contributed by atoms with Gasteiger partial charge < -0.3 is 0 Å². The molecule has 0 amide bonds. The fourth-order valence-corrected chi connectivity index (χ4v) is 0. The van der Waals surface area contributed by atoms with Crippen LogP contribution in [0.15, 0.2) is 0 Å². The van der Waals surface area contributed by atoms with Crippen molar-refractivity contribution in [3.8, 4) is 0 Å². The molecule has 0 bridgehead atoms. The van der Waals surface area contributed by atoms with Crippen LogP contribution in [-0.4, -0.2) is 33.4 Å². The summed E-state index contributed by atoms with van der Waals surface area (Å²) >= 11 is 6.56. The van der Waals surface area contributed by atoms with Gasteiger partial charge in [0, 0.05) is 46.6 Å². The van der Waals surface area contributed by atoms with Gasteiger partial charge in [-0.3, -0.25) is 8.42 Å². The van der Waals surface area contributed by atoms with Crippen molar-refractivity contribution >= 4 is 48.2 Å². The molecule has 0 aromatic carbocycles. The van der Waals surface area contributed by atoms with E-state index in [0.717, 1.165) is 0 Å². The summed E-state index contributed by atoms with van der Waals surface area (Å²) in [6, 6.07) is 0. The minimum absolute atomic E-state index is 0.208. The zero-order valence-electron chi connectivity index (χ0n) is 6.71. The molecule has 0 unspecified atom stereocenters. The summed E-state index contributed by atoms with van der Waals surface area (Å²) in [6.45, 7) is 0. The molecule has 7 heteroatoms. The zero-order valence-corrected chi connectivity index (χ0v) is 13.8. The Bertz CT molecular complexity index is 92.3. The van der Waals surface area contributed by atoms with Crippen molar-refractivity contribution in [2.75, 3.05) is 25.0 Å². The Morgan fingerprint density at radius 1 is 0.909 bits per heavy atom. The third-order valence-electron chi connectivity index (χ3n) is 0. The molecule has 0 saturated heterocycles. The van der Waals surface area contributed by atoms with Crippen molar-refractivity contribution in [1.82, 2.24) is 0 Å². The Morgan fingerprint density at radius 2 is 0.909 bits per heavy atom. The summed E-state index contributed by atoms with van der Waals surface area (Å²) in [6.07, 6.45) is 6.56. The molecule has 76 valence electrons. The topological polar surface area (TPSA) is 34.1 Å². The van der Waals surface area contributed by atoms with Gasteiger partial charge in [0.15, 0.2) is 0 Å². The van der Waals surface area contributed by atoms with E-state index in [0.29, 0.717) is 0 Å². The van der Waals surface area contributed by atoms with Crippen LogP contribution < -0.4 is 0 Å². The Balaban J connectivity index is -0.0000000886. The molecule has 11 heavy (non-hydrogen) atoms. The third-order valence-corrected chi connectivity index (χ3v) is 0. The van der Waals surface area contributed by atoms with E-state index in [4.69, 9.17) is 0 Å².